The van der Waals surface area contributed by atoms with Crippen molar-refractivity contribution in [3.05, 3.63) is 0 Å². The lowest BCUT2D eigenvalue weighted by Crippen LogP contribution is -2.43. The summed E-state index contributed by atoms with van der Waals surface area (Å²) in [5.41, 5.74) is 0. The van der Waals surface area contributed by atoms with Gasteiger partial charge in [0.15, 0.2) is 0 Å². The molecule has 0 spiro atoms. The second kappa shape index (κ2) is 3.95. The molecule has 0 aliphatic heterocycles. The average molecular weight is 158 g/mol. The van der Waals surface area contributed by atoms with Crippen molar-refractivity contribution in [1.82, 2.24) is 10.2 Å². The lowest BCUT2D eigenvalue weighted by Gasteiger charge is -2.16. The third-order valence-electron chi connectivity index (χ3n) is 1.23. The van der Waals surface area contributed by atoms with Gasteiger partial charge in [0.25, 0.3) is 0 Å². The summed E-state index contributed by atoms with van der Waals surface area (Å²) in [6, 6.07) is -0.428. The molecule has 4 heteroatoms. The van der Waals surface area contributed by atoms with Crippen molar-refractivity contribution < 1.29 is 9.59 Å². The Morgan fingerprint density at radius 2 is 1.82 bits per heavy atom. The van der Waals surface area contributed by atoms with E-state index >= 15 is 0 Å². The fourth-order valence-corrected chi connectivity index (χ4v) is 0.754. The van der Waals surface area contributed by atoms with Gasteiger partial charge in [-0.05, 0) is 6.92 Å². The first-order valence-electron chi connectivity index (χ1n) is 3.43. The Balaban J connectivity index is 3.93. The molecule has 11 heavy (non-hydrogen) atoms. The van der Waals surface area contributed by atoms with Gasteiger partial charge in [-0.25, -0.2) is 0 Å². The number of likely N-dealkylation sites (N-methyl/N-ethyl adjacent to an activating group) is 1. The van der Waals surface area contributed by atoms with Gasteiger partial charge in [-0.15, -0.1) is 0 Å². The van der Waals surface area contributed by atoms with Gasteiger partial charge in [0.2, 0.25) is 11.8 Å². The van der Waals surface area contributed by atoms with Gasteiger partial charge >= 0.3 is 0 Å². The molecule has 2 amide bonds. The number of carbonyl (C=O) groups excluding carboxylic acids is 2. The second-order valence-corrected chi connectivity index (χ2v) is 2.65. The number of hydrogen-bond donors (Lipinski definition) is 1. The molecule has 0 aliphatic rings. The number of rotatable bonds is 2. The highest BCUT2D eigenvalue weighted by Gasteiger charge is 2.14. The summed E-state index contributed by atoms with van der Waals surface area (Å²) >= 11 is 0. The number of hydrogen-bond acceptors (Lipinski definition) is 2. The molecular weight excluding hydrogens is 144 g/mol. The van der Waals surface area contributed by atoms with Gasteiger partial charge in [-0.2, -0.15) is 0 Å². The number of carbonyl (C=O) groups is 2. The quantitative estimate of drug-likeness (QED) is 0.594. The number of nitrogens with zero attached hydrogens (tertiary/aromatic N) is 1. The molecule has 0 saturated heterocycles. The third kappa shape index (κ3) is 3.60. The largest absolute Gasteiger partial charge is 0.347 e. The fraction of sp³-hybridized carbons (Fsp3) is 0.714. The van der Waals surface area contributed by atoms with E-state index in [0.717, 1.165) is 0 Å². The summed E-state index contributed by atoms with van der Waals surface area (Å²) in [6.07, 6.45) is 0. The van der Waals surface area contributed by atoms with Crippen LogP contribution < -0.4 is 5.32 Å². The van der Waals surface area contributed by atoms with E-state index in [4.69, 9.17) is 0 Å². The molecule has 0 aromatic rings. The summed E-state index contributed by atoms with van der Waals surface area (Å²) in [6.45, 7) is 3.04. The zero-order valence-electron chi connectivity index (χ0n) is 7.34. The molecule has 0 fully saturated rings. The molecule has 0 bridgehead atoms. The highest BCUT2D eigenvalue weighted by atomic mass is 16.2. The van der Waals surface area contributed by atoms with Crippen LogP contribution in [0.5, 0.6) is 0 Å². The van der Waals surface area contributed by atoms with Crippen LogP contribution in [0.3, 0.4) is 0 Å². The standard InChI is InChI=1S/C7H14N2O2/c1-5(8-6(2)10)7(11)9(3)4/h5H,1-4H3,(H,8,10). The molecule has 1 atom stereocenters. The summed E-state index contributed by atoms with van der Waals surface area (Å²) in [4.78, 5) is 23.0. The maximum atomic E-state index is 11.1. The fourth-order valence-electron chi connectivity index (χ4n) is 0.754. The van der Waals surface area contributed by atoms with E-state index in [-0.39, 0.29) is 11.8 Å². The Morgan fingerprint density at radius 1 is 1.36 bits per heavy atom. The minimum Gasteiger partial charge on any atom is -0.347 e. The lowest BCUT2D eigenvalue weighted by molar-refractivity contribution is -0.133. The van der Waals surface area contributed by atoms with Gasteiger partial charge in [0, 0.05) is 21.0 Å². The highest BCUT2D eigenvalue weighted by Crippen LogP contribution is 1.87. The number of nitrogens with one attached hydrogen (secondary N) is 1. The van der Waals surface area contributed by atoms with E-state index in [2.05, 4.69) is 5.32 Å². The predicted octanol–water partition coefficient (Wildman–Crippen LogP) is -0.401. The van der Waals surface area contributed by atoms with E-state index in [1.54, 1.807) is 21.0 Å². The third-order valence-corrected chi connectivity index (χ3v) is 1.23. The predicted molar refractivity (Wildman–Crippen MR) is 42.0 cm³/mol. The Morgan fingerprint density at radius 3 is 2.09 bits per heavy atom. The molecule has 0 aromatic carbocycles. The summed E-state index contributed by atoms with van der Waals surface area (Å²) < 4.78 is 0. The molecule has 0 aliphatic carbocycles. The van der Waals surface area contributed by atoms with Crippen LogP contribution in [0.15, 0.2) is 0 Å². The van der Waals surface area contributed by atoms with Crippen LogP contribution in [-0.2, 0) is 9.59 Å². The Kier molecular flexibility index (Phi) is 3.57. The number of amides is 2. The summed E-state index contributed by atoms with van der Waals surface area (Å²) in [5.74, 6) is -0.284. The van der Waals surface area contributed by atoms with Crippen molar-refractivity contribution >= 4 is 11.8 Å². The molecule has 0 heterocycles. The van der Waals surface area contributed by atoms with Crippen LogP contribution in [0.25, 0.3) is 0 Å². The molecule has 1 N–H and O–H groups in total. The summed E-state index contributed by atoms with van der Waals surface area (Å²) in [7, 11) is 3.31. The zero-order chi connectivity index (χ0) is 9.02. The van der Waals surface area contributed by atoms with E-state index in [9.17, 15) is 9.59 Å². The Bertz CT molecular complexity index is 166. The molecular formula is C7H14N2O2. The maximum absolute atomic E-state index is 11.1. The minimum absolute atomic E-state index is 0.0970. The second-order valence-electron chi connectivity index (χ2n) is 2.65. The van der Waals surface area contributed by atoms with Crippen LogP contribution in [-0.4, -0.2) is 36.9 Å². The van der Waals surface area contributed by atoms with Crippen molar-refractivity contribution in [2.75, 3.05) is 14.1 Å². The van der Waals surface area contributed by atoms with E-state index in [1.165, 1.54) is 11.8 Å². The van der Waals surface area contributed by atoms with Crippen molar-refractivity contribution in [3.63, 3.8) is 0 Å². The van der Waals surface area contributed by atoms with Gasteiger partial charge in [-0.1, -0.05) is 0 Å². The van der Waals surface area contributed by atoms with Gasteiger partial charge < -0.3 is 10.2 Å². The topological polar surface area (TPSA) is 49.4 Å². The average Bonchev–Trinajstić information content (AvgIpc) is 1.84. The molecule has 0 rings (SSSR count). The van der Waals surface area contributed by atoms with Crippen molar-refractivity contribution in [2.24, 2.45) is 0 Å². The van der Waals surface area contributed by atoms with Crippen molar-refractivity contribution in [2.45, 2.75) is 19.9 Å². The molecule has 1 unspecified atom stereocenters. The Labute approximate surface area is 66.6 Å². The van der Waals surface area contributed by atoms with Crippen LogP contribution in [0.1, 0.15) is 13.8 Å². The Hall–Kier alpha value is -1.06. The lowest BCUT2D eigenvalue weighted by atomic mass is 10.3. The maximum Gasteiger partial charge on any atom is 0.244 e. The molecule has 0 aromatic heterocycles. The van der Waals surface area contributed by atoms with Gasteiger partial charge in [0.1, 0.15) is 6.04 Å². The SMILES string of the molecule is CC(=O)NC(C)C(=O)N(C)C. The monoisotopic (exact) mass is 158 g/mol. The van der Waals surface area contributed by atoms with Crippen LogP contribution in [0.4, 0.5) is 0 Å². The molecule has 0 radical (unpaired) electrons. The first kappa shape index (κ1) is 9.94. The molecule has 64 valence electrons. The molecule has 4 nitrogen and oxygen atoms in total. The first-order valence-corrected chi connectivity index (χ1v) is 3.43. The smallest absolute Gasteiger partial charge is 0.244 e. The minimum atomic E-state index is -0.428. The van der Waals surface area contributed by atoms with Crippen molar-refractivity contribution in [3.8, 4) is 0 Å². The van der Waals surface area contributed by atoms with Crippen LogP contribution >= 0.6 is 0 Å². The molecule has 0 saturated carbocycles. The van der Waals surface area contributed by atoms with Gasteiger partial charge in [0.05, 0.1) is 0 Å². The zero-order valence-corrected chi connectivity index (χ0v) is 7.34. The van der Waals surface area contributed by atoms with E-state index in [1.807, 2.05) is 0 Å². The van der Waals surface area contributed by atoms with E-state index < -0.39 is 6.04 Å². The first-order chi connectivity index (χ1) is 4.95. The highest BCUT2D eigenvalue weighted by molar-refractivity contribution is 5.86. The van der Waals surface area contributed by atoms with E-state index in [0.29, 0.717) is 0 Å². The van der Waals surface area contributed by atoms with Gasteiger partial charge in [-0.3, -0.25) is 9.59 Å². The summed E-state index contributed by atoms with van der Waals surface area (Å²) in [5, 5.41) is 2.49. The normalized spacial score (nSPS) is 12.0. The van der Waals surface area contributed by atoms with Crippen LogP contribution in [0.2, 0.25) is 0 Å². The van der Waals surface area contributed by atoms with Crippen molar-refractivity contribution in [1.29, 1.82) is 0 Å². The van der Waals surface area contributed by atoms with Crippen LogP contribution in [0, 0.1) is 0 Å².